The molecule has 3 heterocycles. The van der Waals surface area contributed by atoms with Crippen LogP contribution in [0.1, 0.15) is 25.6 Å². The van der Waals surface area contributed by atoms with E-state index in [0.29, 0.717) is 22.7 Å². The smallest absolute Gasteiger partial charge is 0.263 e. The zero-order valence-corrected chi connectivity index (χ0v) is 15.2. The number of hydrogen-bond acceptors (Lipinski definition) is 5. The molecule has 0 unspecified atom stereocenters. The number of thiophene rings is 1. The summed E-state index contributed by atoms with van der Waals surface area (Å²) in [6.07, 6.45) is 3.79. The predicted octanol–water partition coefficient (Wildman–Crippen LogP) is 3.13. The number of para-hydroxylation sites is 1. The number of hydrogen-bond donors (Lipinski definition) is 2. The Kier molecular flexibility index (Phi) is 4.84. The van der Waals surface area contributed by atoms with Gasteiger partial charge in [-0.15, -0.1) is 11.3 Å². The van der Waals surface area contributed by atoms with E-state index in [1.165, 1.54) is 11.3 Å². The molecule has 0 spiro atoms. The van der Waals surface area contributed by atoms with E-state index in [4.69, 9.17) is 4.74 Å². The summed E-state index contributed by atoms with van der Waals surface area (Å²) in [5, 5.41) is 7.46. The van der Waals surface area contributed by atoms with Gasteiger partial charge in [-0.3, -0.25) is 14.6 Å². The third-order valence-electron chi connectivity index (χ3n) is 4.27. The molecule has 1 aliphatic heterocycles. The van der Waals surface area contributed by atoms with Gasteiger partial charge in [0.25, 0.3) is 11.8 Å². The van der Waals surface area contributed by atoms with Gasteiger partial charge in [-0.05, 0) is 35.2 Å². The van der Waals surface area contributed by atoms with Crippen LogP contribution >= 0.6 is 11.3 Å². The van der Waals surface area contributed by atoms with E-state index in [1.807, 2.05) is 24.3 Å². The Morgan fingerprint density at radius 2 is 1.93 bits per heavy atom. The number of nitrogens with one attached hydrogen (secondary N) is 2. The number of amides is 2. The molecule has 0 fully saturated rings. The van der Waals surface area contributed by atoms with Gasteiger partial charge in [0.05, 0.1) is 12.2 Å². The summed E-state index contributed by atoms with van der Waals surface area (Å²) >= 11 is 1.28. The van der Waals surface area contributed by atoms with Crippen molar-refractivity contribution >= 4 is 28.8 Å². The monoisotopic (exact) mass is 379 g/mol. The number of anilines is 1. The van der Waals surface area contributed by atoms with Gasteiger partial charge in [0.2, 0.25) is 0 Å². The molecular formula is C20H17N3O3S. The number of aromatic nitrogens is 1. The predicted molar refractivity (Wildman–Crippen MR) is 103 cm³/mol. The molecule has 6 nitrogen and oxygen atoms in total. The third kappa shape index (κ3) is 3.83. The van der Waals surface area contributed by atoms with Crippen LogP contribution in [0.4, 0.5) is 5.69 Å². The molecule has 0 radical (unpaired) electrons. The van der Waals surface area contributed by atoms with E-state index in [0.717, 1.165) is 17.7 Å². The SMILES string of the molecule is O=C(Nc1ccsc1C(=O)NC[C@H]1Cc2ccccc2O1)c1ccncc1. The molecule has 27 heavy (non-hydrogen) atoms. The molecule has 0 saturated heterocycles. The van der Waals surface area contributed by atoms with Crippen LogP contribution in [0, 0.1) is 0 Å². The van der Waals surface area contributed by atoms with Crippen LogP contribution in [0.2, 0.25) is 0 Å². The van der Waals surface area contributed by atoms with Crippen molar-refractivity contribution in [1.82, 2.24) is 10.3 Å². The van der Waals surface area contributed by atoms with Gasteiger partial charge in [-0.1, -0.05) is 18.2 Å². The average Bonchev–Trinajstić information content (AvgIpc) is 3.33. The van der Waals surface area contributed by atoms with Gasteiger partial charge in [-0.2, -0.15) is 0 Å². The van der Waals surface area contributed by atoms with E-state index < -0.39 is 0 Å². The highest BCUT2D eigenvalue weighted by molar-refractivity contribution is 7.12. The Bertz CT molecular complexity index is 946. The van der Waals surface area contributed by atoms with Crippen molar-refractivity contribution in [3.8, 4) is 5.75 Å². The molecule has 4 rings (SSSR count). The van der Waals surface area contributed by atoms with Crippen molar-refractivity contribution in [2.24, 2.45) is 0 Å². The zero-order chi connectivity index (χ0) is 18.6. The van der Waals surface area contributed by atoms with Crippen LogP contribution < -0.4 is 15.4 Å². The number of ether oxygens (including phenoxy) is 1. The van der Waals surface area contributed by atoms with Crippen molar-refractivity contribution in [1.29, 1.82) is 0 Å². The highest BCUT2D eigenvalue weighted by Gasteiger charge is 2.24. The second-order valence-electron chi connectivity index (χ2n) is 6.12. The van der Waals surface area contributed by atoms with Crippen LogP contribution in [0.5, 0.6) is 5.75 Å². The number of fused-ring (bicyclic) bond motifs is 1. The van der Waals surface area contributed by atoms with Gasteiger partial charge < -0.3 is 15.4 Å². The van der Waals surface area contributed by atoms with Gasteiger partial charge in [0.15, 0.2) is 0 Å². The summed E-state index contributed by atoms with van der Waals surface area (Å²) in [7, 11) is 0. The number of benzene rings is 1. The standard InChI is InChI=1S/C20H17N3O3S/c24-19(13-5-8-21-9-6-13)23-16-7-10-27-18(16)20(25)22-12-15-11-14-3-1-2-4-17(14)26-15/h1-10,15H,11-12H2,(H,22,25)(H,23,24)/t15-/m1/s1. The molecule has 3 aromatic rings. The topological polar surface area (TPSA) is 80.3 Å². The lowest BCUT2D eigenvalue weighted by molar-refractivity contribution is 0.0938. The lowest BCUT2D eigenvalue weighted by atomic mass is 10.1. The van der Waals surface area contributed by atoms with Crippen molar-refractivity contribution < 1.29 is 14.3 Å². The molecule has 0 bridgehead atoms. The van der Waals surface area contributed by atoms with Gasteiger partial charge >= 0.3 is 0 Å². The number of nitrogens with zero attached hydrogens (tertiary/aromatic N) is 1. The first-order valence-corrected chi connectivity index (χ1v) is 9.40. The molecule has 0 saturated carbocycles. The first-order chi connectivity index (χ1) is 13.2. The Morgan fingerprint density at radius 1 is 1.11 bits per heavy atom. The molecular weight excluding hydrogens is 362 g/mol. The molecule has 1 aliphatic rings. The highest BCUT2D eigenvalue weighted by atomic mass is 32.1. The van der Waals surface area contributed by atoms with Crippen molar-refractivity contribution in [3.05, 3.63) is 76.2 Å². The van der Waals surface area contributed by atoms with E-state index in [-0.39, 0.29) is 17.9 Å². The molecule has 1 atom stereocenters. The number of rotatable bonds is 5. The fourth-order valence-electron chi connectivity index (χ4n) is 2.94. The molecule has 2 amide bonds. The van der Waals surface area contributed by atoms with Crippen LogP contribution in [0.3, 0.4) is 0 Å². The first-order valence-electron chi connectivity index (χ1n) is 8.52. The minimum atomic E-state index is -0.278. The summed E-state index contributed by atoms with van der Waals surface area (Å²) < 4.78 is 5.84. The summed E-state index contributed by atoms with van der Waals surface area (Å²) in [5.74, 6) is 0.368. The summed E-state index contributed by atoms with van der Waals surface area (Å²) in [6, 6.07) is 12.8. The summed E-state index contributed by atoms with van der Waals surface area (Å²) in [5.41, 5.74) is 2.13. The lowest BCUT2D eigenvalue weighted by Crippen LogP contribution is -2.34. The van der Waals surface area contributed by atoms with Crippen molar-refractivity contribution in [3.63, 3.8) is 0 Å². The zero-order valence-electron chi connectivity index (χ0n) is 14.3. The van der Waals surface area contributed by atoms with E-state index >= 15 is 0 Å². The second-order valence-corrected chi connectivity index (χ2v) is 7.03. The Hall–Kier alpha value is -3.19. The molecule has 7 heteroatoms. The minimum Gasteiger partial charge on any atom is -0.488 e. The highest BCUT2D eigenvalue weighted by Crippen LogP contribution is 2.28. The van der Waals surface area contributed by atoms with Crippen molar-refractivity contribution in [2.75, 3.05) is 11.9 Å². The van der Waals surface area contributed by atoms with Gasteiger partial charge in [0, 0.05) is 24.4 Å². The molecule has 0 aliphatic carbocycles. The Labute approximate surface area is 160 Å². The minimum absolute atomic E-state index is 0.0822. The maximum Gasteiger partial charge on any atom is 0.263 e. The Morgan fingerprint density at radius 3 is 2.74 bits per heavy atom. The quantitative estimate of drug-likeness (QED) is 0.714. The van der Waals surface area contributed by atoms with Crippen LogP contribution in [0.15, 0.2) is 60.2 Å². The van der Waals surface area contributed by atoms with E-state index in [1.54, 1.807) is 36.0 Å². The van der Waals surface area contributed by atoms with Crippen LogP contribution in [-0.2, 0) is 6.42 Å². The average molecular weight is 379 g/mol. The molecule has 136 valence electrons. The van der Waals surface area contributed by atoms with Crippen LogP contribution in [0.25, 0.3) is 0 Å². The lowest BCUT2D eigenvalue weighted by Gasteiger charge is -2.12. The Balaban J connectivity index is 1.36. The largest absolute Gasteiger partial charge is 0.488 e. The van der Waals surface area contributed by atoms with Gasteiger partial charge in [0.1, 0.15) is 16.7 Å². The van der Waals surface area contributed by atoms with E-state index in [9.17, 15) is 9.59 Å². The van der Waals surface area contributed by atoms with Crippen LogP contribution in [-0.4, -0.2) is 29.4 Å². The van der Waals surface area contributed by atoms with E-state index in [2.05, 4.69) is 15.6 Å². The number of carbonyl (C=O) groups is 2. The summed E-state index contributed by atoms with van der Waals surface area (Å²) in [4.78, 5) is 29.2. The summed E-state index contributed by atoms with van der Waals surface area (Å²) in [6.45, 7) is 0.406. The molecule has 1 aromatic carbocycles. The van der Waals surface area contributed by atoms with Gasteiger partial charge in [-0.25, -0.2) is 0 Å². The number of pyridine rings is 1. The molecule has 2 N–H and O–H groups in total. The first kappa shape index (κ1) is 17.2. The third-order valence-corrected chi connectivity index (χ3v) is 5.18. The fraction of sp³-hybridized carbons (Fsp3) is 0.150. The number of carbonyl (C=O) groups excluding carboxylic acids is 2. The maximum absolute atomic E-state index is 12.6. The maximum atomic E-state index is 12.6. The normalized spacial score (nSPS) is 14.9. The second kappa shape index (κ2) is 7.59. The fourth-order valence-corrected chi connectivity index (χ4v) is 3.70. The molecule has 2 aromatic heterocycles. The van der Waals surface area contributed by atoms with Crippen molar-refractivity contribution in [2.45, 2.75) is 12.5 Å².